The fraction of sp³-hybridized carbons (Fsp3) is 0.304. The van der Waals surface area contributed by atoms with Gasteiger partial charge in [0.25, 0.3) is 0 Å². The molecule has 0 unspecified atom stereocenters. The van der Waals surface area contributed by atoms with Gasteiger partial charge in [-0.15, -0.1) is 11.3 Å². The van der Waals surface area contributed by atoms with Crippen molar-refractivity contribution in [1.29, 1.82) is 0 Å². The zero-order valence-corrected chi connectivity index (χ0v) is 20.5. The van der Waals surface area contributed by atoms with Crippen molar-refractivity contribution in [2.45, 2.75) is 44.3 Å². The molecule has 0 aliphatic carbocycles. The van der Waals surface area contributed by atoms with E-state index in [0.29, 0.717) is 16.1 Å². The number of anilines is 1. The van der Waals surface area contributed by atoms with E-state index >= 15 is 0 Å². The lowest BCUT2D eigenvalue weighted by Gasteiger charge is -2.14. The minimum atomic E-state index is -4.67. The Balaban J connectivity index is 1.86. The van der Waals surface area contributed by atoms with Gasteiger partial charge in [-0.05, 0) is 39.3 Å². The highest BCUT2D eigenvalue weighted by Gasteiger charge is 2.34. The number of nitrogens with zero attached hydrogens (tertiary/aromatic N) is 2. The number of ether oxygens (including phenoxy) is 1. The molecular weight excluding hydrogens is 487 g/mol. The number of amides is 1. The number of esters is 1. The molecule has 180 valence electrons. The monoisotopic (exact) mass is 509 g/mol. The number of aromatic nitrogens is 2. The first-order valence-corrected chi connectivity index (χ1v) is 12.0. The largest absolute Gasteiger partial charge is 0.462 e. The summed E-state index contributed by atoms with van der Waals surface area (Å²) in [4.78, 5) is 33.9. The molecular formula is C23H22F3N3O3S2. The molecule has 2 heterocycles. The van der Waals surface area contributed by atoms with E-state index in [1.54, 1.807) is 44.2 Å². The molecule has 0 radical (unpaired) electrons. The van der Waals surface area contributed by atoms with Crippen molar-refractivity contribution in [2.24, 2.45) is 0 Å². The van der Waals surface area contributed by atoms with Crippen molar-refractivity contribution in [1.82, 2.24) is 9.97 Å². The molecule has 0 bridgehead atoms. The van der Waals surface area contributed by atoms with E-state index in [0.717, 1.165) is 22.7 Å². The van der Waals surface area contributed by atoms with E-state index in [2.05, 4.69) is 15.3 Å². The molecule has 0 spiro atoms. The maximum Gasteiger partial charge on any atom is 0.433 e. The second-order valence-electron chi connectivity index (χ2n) is 7.24. The Labute approximate surface area is 203 Å². The van der Waals surface area contributed by atoms with Crippen LogP contribution in [0.4, 0.5) is 18.2 Å². The Kier molecular flexibility index (Phi) is 7.98. The van der Waals surface area contributed by atoms with Crippen molar-refractivity contribution >= 4 is 40.0 Å². The lowest BCUT2D eigenvalue weighted by atomic mass is 10.1. The third kappa shape index (κ3) is 5.95. The number of hydrogen-bond acceptors (Lipinski definition) is 7. The molecule has 11 heteroatoms. The highest BCUT2D eigenvalue weighted by atomic mass is 32.2. The summed E-state index contributed by atoms with van der Waals surface area (Å²) in [6.45, 7) is 6.97. The van der Waals surface area contributed by atoms with Crippen LogP contribution in [0.3, 0.4) is 0 Å². The molecule has 34 heavy (non-hydrogen) atoms. The van der Waals surface area contributed by atoms with Gasteiger partial charge in [0.05, 0.1) is 23.1 Å². The van der Waals surface area contributed by atoms with Crippen LogP contribution in [0.2, 0.25) is 0 Å². The molecule has 0 saturated carbocycles. The van der Waals surface area contributed by atoms with E-state index in [-0.39, 0.29) is 23.0 Å². The molecule has 0 aliphatic heterocycles. The van der Waals surface area contributed by atoms with Crippen LogP contribution in [0.25, 0.3) is 11.3 Å². The van der Waals surface area contributed by atoms with Crippen molar-refractivity contribution < 1.29 is 27.5 Å². The lowest BCUT2D eigenvalue weighted by molar-refractivity contribution is -0.141. The first-order valence-electron chi connectivity index (χ1n) is 10.3. The quantitative estimate of drug-likeness (QED) is 0.234. The zero-order valence-electron chi connectivity index (χ0n) is 18.8. The first-order chi connectivity index (χ1) is 16.0. The summed E-state index contributed by atoms with van der Waals surface area (Å²) in [5.74, 6) is -1.05. The van der Waals surface area contributed by atoms with Gasteiger partial charge < -0.3 is 10.1 Å². The molecule has 1 N–H and O–H groups in total. The summed E-state index contributed by atoms with van der Waals surface area (Å²) < 4.78 is 45.4. The summed E-state index contributed by atoms with van der Waals surface area (Å²) in [5.41, 5.74) is 0.486. The Morgan fingerprint density at radius 3 is 2.47 bits per heavy atom. The van der Waals surface area contributed by atoms with Gasteiger partial charge in [-0.3, -0.25) is 4.79 Å². The molecule has 3 aromatic rings. The second kappa shape index (κ2) is 10.6. The number of benzene rings is 1. The molecule has 0 saturated heterocycles. The van der Waals surface area contributed by atoms with Crippen LogP contribution in [0.1, 0.15) is 40.3 Å². The number of hydrogen-bond donors (Lipinski definition) is 1. The van der Waals surface area contributed by atoms with E-state index in [9.17, 15) is 22.8 Å². The van der Waals surface area contributed by atoms with Crippen LogP contribution in [-0.4, -0.2) is 33.7 Å². The highest BCUT2D eigenvalue weighted by molar-refractivity contribution is 8.00. The van der Waals surface area contributed by atoms with Crippen LogP contribution in [0.15, 0.2) is 41.6 Å². The predicted molar refractivity (Wildman–Crippen MR) is 126 cm³/mol. The fourth-order valence-electron chi connectivity index (χ4n) is 2.97. The first kappa shape index (κ1) is 25.7. The number of alkyl halides is 3. The number of aryl methyl sites for hydroxylation is 1. The van der Waals surface area contributed by atoms with Crippen LogP contribution in [0, 0.1) is 13.8 Å². The van der Waals surface area contributed by atoms with Crippen molar-refractivity contribution in [2.75, 3.05) is 11.9 Å². The fourth-order valence-corrected chi connectivity index (χ4v) is 4.80. The molecule has 0 fully saturated rings. The highest BCUT2D eigenvalue weighted by Crippen LogP contribution is 2.35. The molecule has 6 nitrogen and oxygen atoms in total. The van der Waals surface area contributed by atoms with Crippen molar-refractivity contribution in [3.05, 3.63) is 58.1 Å². The minimum absolute atomic E-state index is 0.104. The normalized spacial score (nSPS) is 12.3. The van der Waals surface area contributed by atoms with Crippen LogP contribution in [0.5, 0.6) is 0 Å². The van der Waals surface area contributed by atoms with Crippen LogP contribution in [-0.2, 0) is 15.7 Å². The van der Waals surface area contributed by atoms with Crippen molar-refractivity contribution in [3.8, 4) is 11.3 Å². The zero-order chi connectivity index (χ0) is 25.0. The summed E-state index contributed by atoms with van der Waals surface area (Å²) >= 11 is 2.03. The van der Waals surface area contributed by atoms with Crippen molar-refractivity contribution in [3.63, 3.8) is 0 Å². The third-order valence-corrected chi connectivity index (χ3v) is 6.90. The summed E-state index contributed by atoms with van der Waals surface area (Å²) in [7, 11) is 0. The lowest BCUT2D eigenvalue weighted by Crippen LogP contribution is -2.23. The SMILES string of the molecule is CCOC(=O)c1c(NC(=O)[C@H](C)Sc2nc(-c3ccccc3)cc(C(F)(F)F)n2)sc(C)c1C. The Morgan fingerprint density at radius 2 is 1.85 bits per heavy atom. The second-order valence-corrected chi connectivity index (χ2v) is 9.77. The predicted octanol–water partition coefficient (Wildman–Crippen LogP) is 6.14. The molecule has 0 aliphatic rings. The number of carbonyl (C=O) groups is 2. The number of rotatable bonds is 7. The Bertz CT molecular complexity index is 1200. The van der Waals surface area contributed by atoms with Gasteiger partial charge in [-0.1, -0.05) is 42.1 Å². The number of thioether (sulfide) groups is 1. The van der Waals surface area contributed by atoms with E-state index < -0.39 is 29.0 Å². The summed E-state index contributed by atoms with van der Waals surface area (Å²) in [6.07, 6.45) is -4.67. The average Bonchev–Trinajstić information content (AvgIpc) is 3.06. The summed E-state index contributed by atoms with van der Waals surface area (Å²) in [6, 6.07) is 9.30. The van der Waals surface area contributed by atoms with Gasteiger partial charge in [0.15, 0.2) is 5.16 Å². The Morgan fingerprint density at radius 1 is 1.18 bits per heavy atom. The van der Waals surface area contributed by atoms with Crippen LogP contribution < -0.4 is 5.32 Å². The van der Waals surface area contributed by atoms with Gasteiger partial charge in [0.1, 0.15) is 10.7 Å². The molecule has 1 aromatic carbocycles. The standard InChI is InChI=1S/C23H22F3N3O3S2/c1-5-32-21(31)18-12(2)13(3)33-20(18)29-19(30)14(4)34-22-27-16(15-9-7-6-8-10-15)11-17(28-22)23(24,25)26/h6-11,14H,5H2,1-4H3,(H,29,30)/t14-/m0/s1. The van der Waals surface area contributed by atoms with Gasteiger partial charge >= 0.3 is 12.1 Å². The van der Waals surface area contributed by atoms with Crippen LogP contribution >= 0.6 is 23.1 Å². The van der Waals surface area contributed by atoms with Gasteiger partial charge in [0, 0.05) is 10.4 Å². The number of halogens is 3. The maximum atomic E-state index is 13.4. The number of thiophene rings is 1. The van der Waals surface area contributed by atoms with E-state index in [1.165, 1.54) is 18.3 Å². The van der Waals surface area contributed by atoms with E-state index in [1.807, 2.05) is 6.92 Å². The molecule has 3 rings (SSSR count). The number of nitrogens with one attached hydrogen (secondary N) is 1. The van der Waals surface area contributed by atoms with Gasteiger partial charge in [-0.2, -0.15) is 13.2 Å². The topological polar surface area (TPSA) is 81.2 Å². The average molecular weight is 510 g/mol. The number of carbonyl (C=O) groups excluding carboxylic acids is 2. The molecule has 2 aromatic heterocycles. The maximum absolute atomic E-state index is 13.4. The van der Waals surface area contributed by atoms with E-state index in [4.69, 9.17) is 4.74 Å². The third-order valence-electron chi connectivity index (χ3n) is 4.82. The van der Waals surface area contributed by atoms with Gasteiger partial charge in [-0.25, -0.2) is 14.8 Å². The molecule has 1 atom stereocenters. The minimum Gasteiger partial charge on any atom is -0.462 e. The van der Waals surface area contributed by atoms with Gasteiger partial charge in [0.2, 0.25) is 5.91 Å². The smallest absolute Gasteiger partial charge is 0.433 e. The summed E-state index contributed by atoms with van der Waals surface area (Å²) in [5, 5.41) is 2.01. The molecule has 1 amide bonds. The Hall–Kier alpha value is -2.92.